The van der Waals surface area contributed by atoms with E-state index in [1.807, 2.05) is 24.8 Å². The summed E-state index contributed by atoms with van der Waals surface area (Å²) < 4.78 is 0. The van der Waals surface area contributed by atoms with Crippen LogP contribution in [-0.2, 0) is 63.8 Å². The summed E-state index contributed by atoms with van der Waals surface area (Å²) in [5.41, 5.74) is 17.0. The third-order valence-corrected chi connectivity index (χ3v) is 13.1. The molecule has 0 radical (unpaired) electrons. The smallest absolute Gasteiger partial charge is 0.346 e. The molecule has 378 valence electrons. The van der Waals surface area contributed by atoms with Gasteiger partial charge in [0.25, 0.3) is 0 Å². The second-order valence-corrected chi connectivity index (χ2v) is 22.7. The van der Waals surface area contributed by atoms with Gasteiger partial charge in [-0.1, -0.05) is 107 Å². The van der Waals surface area contributed by atoms with Gasteiger partial charge in [0.1, 0.15) is 0 Å². The standard InChI is InChI=1S/C66H64N6.2Pt/c1-63(2,3)49-29-33-67-59(41-49)45-17-13-21-55(37-45)71(56-22-14-18-46(38-56)60-42-50(30-34-68-60)64(4,5)6)53-25-27-54(28-26-53)72(57-23-15-19-47(39-57)61-43-51(31-35-69-61)65(7,8)9)58-24-16-20-48(40-58)62-44-52(32-36-70-62)66(10,11)12;;/h13-36,41-44H,1-12H3;;/q-4;2*+2. The van der Waals surface area contributed by atoms with Crippen LogP contribution in [0.4, 0.5) is 34.1 Å². The second-order valence-electron chi connectivity index (χ2n) is 22.7. The second kappa shape index (κ2) is 22.3. The van der Waals surface area contributed by atoms with E-state index in [1.165, 1.54) is 22.3 Å². The minimum Gasteiger partial charge on any atom is -0.346 e. The molecular formula is C66H64N6Pt2. The molecule has 0 amide bonds. The summed E-state index contributed by atoms with van der Waals surface area (Å²) in [6, 6.07) is 65.9. The Bertz CT molecular complexity index is 2950. The SMILES string of the molecule is CC(C)(C)c1ccnc(-c2[c-]c(N(c3[c-]c(-c4cc(C(C)(C)C)ccn4)ccc3)c3ccc(N(c4[c-]c(-c5cc(C(C)(C)C)ccn5)ccc4)c4[c-]c(-c5cc(C(C)(C)C)ccn5)ccc4)cc3)ccc2)c1.[Pt+2].[Pt+2]. The largest absolute Gasteiger partial charge is 2.00 e. The molecule has 0 fully saturated rings. The summed E-state index contributed by atoms with van der Waals surface area (Å²) >= 11 is 0. The molecule has 0 aliphatic rings. The third-order valence-electron chi connectivity index (χ3n) is 13.1. The molecule has 0 saturated carbocycles. The van der Waals surface area contributed by atoms with Crippen molar-refractivity contribution in [1.29, 1.82) is 0 Å². The van der Waals surface area contributed by atoms with Crippen LogP contribution in [0, 0.1) is 24.3 Å². The van der Waals surface area contributed by atoms with Gasteiger partial charge in [0.2, 0.25) is 0 Å². The molecule has 4 heterocycles. The van der Waals surface area contributed by atoms with Crippen LogP contribution < -0.4 is 9.80 Å². The molecule has 0 aliphatic carbocycles. The van der Waals surface area contributed by atoms with Gasteiger partial charge in [-0.05, 0) is 138 Å². The topological polar surface area (TPSA) is 58.0 Å². The number of pyridine rings is 4. The molecule has 0 aliphatic heterocycles. The van der Waals surface area contributed by atoms with Crippen LogP contribution in [0.2, 0.25) is 0 Å². The van der Waals surface area contributed by atoms with Crippen LogP contribution in [-0.4, -0.2) is 19.9 Å². The van der Waals surface area contributed by atoms with Crippen LogP contribution in [0.25, 0.3) is 45.0 Å². The average Bonchev–Trinajstić information content (AvgIpc) is 3.36. The minimum atomic E-state index is -0.0364. The first-order valence-electron chi connectivity index (χ1n) is 24.9. The Labute approximate surface area is 469 Å². The fourth-order valence-corrected chi connectivity index (χ4v) is 8.69. The van der Waals surface area contributed by atoms with E-state index in [1.54, 1.807) is 0 Å². The number of nitrogens with zero attached hydrogens (tertiary/aromatic N) is 6. The molecule has 6 nitrogen and oxygen atoms in total. The summed E-state index contributed by atoms with van der Waals surface area (Å²) in [4.78, 5) is 23.8. The van der Waals surface area contributed by atoms with Crippen LogP contribution in [0.5, 0.6) is 0 Å². The summed E-state index contributed by atoms with van der Waals surface area (Å²) in [7, 11) is 0. The normalized spacial score (nSPS) is 11.8. The van der Waals surface area contributed by atoms with Crippen molar-refractivity contribution in [2.45, 2.75) is 105 Å². The van der Waals surface area contributed by atoms with Crippen molar-refractivity contribution >= 4 is 34.1 Å². The maximum Gasteiger partial charge on any atom is 2.00 e. The number of hydrogen-bond acceptors (Lipinski definition) is 6. The van der Waals surface area contributed by atoms with Crippen molar-refractivity contribution in [2.75, 3.05) is 9.80 Å². The fraction of sp³-hybridized carbons (Fsp3) is 0.242. The zero-order valence-electron chi connectivity index (χ0n) is 44.5. The van der Waals surface area contributed by atoms with Gasteiger partial charge in [-0.2, -0.15) is 0 Å². The van der Waals surface area contributed by atoms with Gasteiger partial charge in [0.05, 0.1) is 0 Å². The van der Waals surface area contributed by atoms with E-state index < -0.39 is 0 Å². The van der Waals surface area contributed by atoms with Gasteiger partial charge in [0.15, 0.2) is 0 Å². The van der Waals surface area contributed by atoms with Gasteiger partial charge >= 0.3 is 42.1 Å². The Kier molecular flexibility index (Phi) is 16.7. The number of rotatable bonds is 10. The molecule has 5 aromatic carbocycles. The van der Waals surface area contributed by atoms with E-state index in [4.69, 9.17) is 19.9 Å². The van der Waals surface area contributed by atoms with Crippen molar-refractivity contribution < 1.29 is 42.1 Å². The van der Waals surface area contributed by atoms with E-state index in [0.717, 1.165) is 79.2 Å². The Balaban J connectivity index is 0.00000400. The van der Waals surface area contributed by atoms with Crippen LogP contribution in [0.15, 0.2) is 170 Å². The maximum atomic E-state index is 4.83. The van der Waals surface area contributed by atoms with Crippen LogP contribution in [0.3, 0.4) is 0 Å². The molecule has 0 atom stereocenters. The van der Waals surface area contributed by atoms with Crippen molar-refractivity contribution in [3.63, 3.8) is 0 Å². The number of benzene rings is 5. The fourth-order valence-electron chi connectivity index (χ4n) is 8.69. The van der Waals surface area contributed by atoms with E-state index in [2.05, 4.69) is 263 Å². The molecule has 4 aromatic heterocycles. The van der Waals surface area contributed by atoms with Gasteiger partial charge < -0.3 is 29.7 Å². The van der Waals surface area contributed by atoms with E-state index in [9.17, 15) is 0 Å². The molecule has 0 saturated heterocycles. The summed E-state index contributed by atoms with van der Waals surface area (Å²) in [5, 5.41) is 0. The number of anilines is 6. The van der Waals surface area contributed by atoms with E-state index >= 15 is 0 Å². The van der Waals surface area contributed by atoms with Crippen LogP contribution >= 0.6 is 0 Å². The first-order valence-corrected chi connectivity index (χ1v) is 24.9. The molecule has 9 rings (SSSR count). The molecule has 8 heteroatoms. The number of hydrogen-bond donors (Lipinski definition) is 0. The zero-order chi connectivity index (χ0) is 51.0. The monoisotopic (exact) mass is 1330 g/mol. The van der Waals surface area contributed by atoms with Gasteiger partial charge in [-0.15, -0.1) is 119 Å². The minimum absolute atomic E-state index is 0. The molecule has 0 unspecified atom stereocenters. The van der Waals surface area contributed by atoms with Crippen molar-refractivity contribution in [3.05, 3.63) is 217 Å². The van der Waals surface area contributed by atoms with Gasteiger partial charge in [-0.3, -0.25) is 0 Å². The molecular weight excluding hydrogens is 1270 g/mol. The van der Waals surface area contributed by atoms with Crippen LogP contribution in [0.1, 0.15) is 105 Å². The molecule has 74 heavy (non-hydrogen) atoms. The number of aromatic nitrogens is 4. The predicted molar refractivity (Wildman–Crippen MR) is 299 cm³/mol. The summed E-state index contributed by atoms with van der Waals surface area (Å²) in [6.07, 6.45) is 7.59. The quantitative estimate of drug-likeness (QED) is 0.127. The average molecular weight is 1330 g/mol. The Morgan fingerprint density at radius 2 is 0.514 bits per heavy atom. The van der Waals surface area contributed by atoms with Crippen molar-refractivity contribution in [1.82, 2.24) is 19.9 Å². The molecule has 9 aromatic rings. The van der Waals surface area contributed by atoms with E-state index in [-0.39, 0.29) is 63.8 Å². The molecule has 0 bridgehead atoms. The molecule has 0 spiro atoms. The third kappa shape index (κ3) is 12.6. The summed E-state index contributed by atoms with van der Waals surface area (Å²) in [6.45, 7) is 26.7. The predicted octanol–water partition coefficient (Wildman–Crippen LogP) is 17.3. The van der Waals surface area contributed by atoms with E-state index in [0.29, 0.717) is 0 Å². The Hall–Kier alpha value is -6.32. The Morgan fingerprint density at radius 1 is 0.297 bits per heavy atom. The molecule has 0 N–H and O–H groups in total. The van der Waals surface area contributed by atoms with Gasteiger partial charge in [0, 0.05) is 36.2 Å². The van der Waals surface area contributed by atoms with Gasteiger partial charge in [-0.25, -0.2) is 0 Å². The van der Waals surface area contributed by atoms with Crippen molar-refractivity contribution in [3.8, 4) is 45.0 Å². The first-order chi connectivity index (χ1) is 34.2. The Morgan fingerprint density at radius 3 is 0.716 bits per heavy atom. The zero-order valence-corrected chi connectivity index (χ0v) is 49.0. The summed E-state index contributed by atoms with van der Waals surface area (Å²) in [5.74, 6) is 0. The maximum absolute atomic E-state index is 4.83. The first kappa shape index (κ1) is 55.4. The van der Waals surface area contributed by atoms with Crippen molar-refractivity contribution in [2.24, 2.45) is 0 Å².